The van der Waals surface area contributed by atoms with Crippen molar-refractivity contribution in [3.8, 4) is 0 Å². The Morgan fingerprint density at radius 2 is 1.35 bits per heavy atom. The summed E-state index contributed by atoms with van der Waals surface area (Å²) in [7, 11) is 7.20. The van der Waals surface area contributed by atoms with Crippen molar-refractivity contribution in [2.45, 2.75) is 51.4 Å². The molecule has 0 bridgehead atoms. The lowest BCUT2D eigenvalue weighted by molar-refractivity contribution is 0.0597. The quantitative estimate of drug-likeness (QED) is 0.350. The van der Waals surface area contributed by atoms with Crippen molar-refractivity contribution in [2.24, 2.45) is 11.8 Å². The standard InChI is InChI=1S/C14H20ClNO2S.C14H21NO2S/c1-16-7-5-10(6-8-16)3-4-12-11(15)9-13(19-12)14(17)18-2;1-15-9-7-11(8-10-15)3-4-12-5-6-13(18-12)14(16)17-2/h9-10H,3-8H2,1-2H3;5-6,11H,3-4,7-10H2,1-2H3. The molecule has 0 N–H and O–H groups in total. The summed E-state index contributed by atoms with van der Waals surface area (Å²) in [6, 6.07) is 5.66. The number of hydrogen-bond acceptors (Lipinski definition) is 8. The number of methoxy groups -OCH3 is 2. The molecule has 206 valence electrons. The first-order valence-electron chi connectivity index (χ1n) is 13.2. The number of piperidine rings is 2. The van der Waals surface area contributed by atoms with E-state index in [0.717, 1.165) is 40.9 Å². The number of halogens is 1. The average molecular weight is 569 g/mol. The average Bonchev–Trinajstić information content (AvgIpc) is 3.54. The Kier molecular flexibility index (Phi) is 12.4. The number of nitrogens with zero attached hydrogens (tertiary/aromatic N) is 2. The number of esters is 2. The van der Waals surface area contributed by atoms with Crippen molar-refractivity contribution < 1.29 is 19.1 Å². The van der Waals surface area contributed by atoms with Crippen LogP contribution in [0.5, 0.6) is 0 Å². The van der Waals surface area contributed by atoms with E-state index in [9.17, 15) is 9.59 Å². The van der Waals surface area contributed by atoms with E-state index in [1.807, 2.05) is 6.07 Å². The number of likely N-dealkylation sites (tertiary alicyclic amines) is 2. The van der Waals surface area contributed by atoms with Crippen LogP contribution in [0, 0.1) is 11.8 Å². The summed E-state index contributed by atoms with van der Waals surface area (Å²) < 4.78 is 9.44. The first kappa shape index (κ1) is 30.1. The van der Waals surface area contributed by atoms with E-state index in [1.165, 1.54) is 88.7 Å². The second-order valence-corrected chi connectivity index (χ2v) is 12.9. The lowest BCUT2D eigenvalue weighted by atomic mass is 9.92. The maximum atomic E-state index is 11.4. The number of ether oxygens (including phenoxy) is 2. The van der Waals surface area contributed by atoms with E-state index >= 15 is 0 Å². The summed E-state index contributed by atoms with van der Waals surface area (Å²) in [6.45, 7) is 4.83. The number of thiophene rings is 2. The van der Waals surface area contributed by atoms with Crippen LogP contribution in [0.15, 0.2) is 18.2 Å². The van der Waals surface area contributed by atoms with E-state index in [2.05, 4.69) is 30.0 Å². The zero-order chi connectivity index (χ0) is 26.8. The number of carbonyl (C=O) groups excluding carboxylic acids is 2. The van der Waals surface area contributed by atoms with Gasteiger partial charge < -0.3 is 19.3 Å². The molecule has 2 aliphatic rings. The van der Waals surface area contributed by atoms with Crippen LogP contribution in [-0.2, 0) is 22.3 Å². The first-order valence-corrected chi connectivity index (χ1v) is 15.2. The molecular formula is C28H41ClN2O4S2. The van der Waals surface area contributed by atoms with Gasteiger partial charge in [0.25, 0.3) is 0 Å². The van der Waals surface area contributed by atoms with Crippen molar-refractivity contribution in [1.29, 1.82) is 0 Å². The van der Waals surface area contributed by atoms with Crippen LogP contribution in [0.25, 0.3) is 0 Å². The maximum absolute atomic E-state index is 11.4. The summed E-state index contributed by atoms with van der Waals surface area (Å²) in [5.41, 5.74) is 0. The Labute approximate surface area is 234 Å². The van der Waals surface area contributed by atoms with Crippen LogP contribution in [0.1, 0.15) is 67.6 Å². The predicted molar refractivity (Wildman–Crippen MR) is 153 cm³/mol. The van der Waals surface area contributed by atoms with Gasteiger partial charge >= 0.3 is 11.9 Å². The Balaban J connectivity index is 0.000000206. The molecule has 4 heterocycles. The second-order valence-electron chi connectivity index (χ2n) is 10.2. The third-order valence-electron chi connectivity index (χ3n) is 7.45. The van der Waals surface area contributed by atoms with Crippen LogP contribution in [0.2, 0.25) is 5.02 Å². The van der Waals surface area contributed by atoms with Crippen molar-refractivity contribution in [2.75, 3.05) is 54.5 Å². The van der Waals surface area contributed by atoms with Gasteiger partial charge in [-0.2, -0.15) is 0 Å². The van der Waals surface area contributed by atoms with Crippen molar-refractivity contribution in [1.82, 2.24) is 9.80 Å². The molecule has 2 aliphatic heterocycles. The lowest BCUT2D eigenvalue weighted by Gasteiger charge is -2.28. The molecule has 37 heavy (non-hydrogen) atoms. The molecule has 0 spiro atoms. The topological polar surface area (TPSA) is 59.1 Å². The van der Waals surface area contributed by atoms with Gasteiger partial charge in [-0.3, -0.25) is 0 Å². The Hall–Kier alpha value is -1.45. The molecule has 0 radical (unpaired) electrons. The van der Waals surface area contributed by atoms with E-state index in [-0.39, 0.29) is 11.9 Å². The smallest absolute Gasteiger partial charge is 0.348 e. The molecule has 6 nitrogen and oxygen atoms in total. The first-order chi connectivity index (χ1) is 17.8. The maximum Gasteiger partial charge on any atom is 0.348 e. The molecule has 0 atom stereocenters. The Morgan fingerprint density at radius 3 is 1.89 bits per heavy atom. The van der Waals surface area contributed by atoms with Gasteiger partial charge in [0.15, 0.2) is 0 Å². The Bertz CT molecular complexity index is 992. The SMILES string of the molecule is COC(=O)c1cc(Cl)c(CCC2CCN(C)CC2)s1.COC(=O)c1ccc(CCC2CCN(C)CC2)s1. The molecule has 0 aromatic carbocycles. The number of rotatable bonds is 8. The van der Waals surface area contributed by atoms with Crippen molar-refractivity contribution >= 4 is 46.2 Å². The second kappa shape index (κ2) is 15.2. The van der Waals surface area contributed by atoms with Crippen LogP contribution in [0.4, 0.5) is 0 Å². The van der Waals surface area contributed by atoms with Crippen LogP contribution in [0.3, 0.4) is 0 Å². The van der Waals surface area contributed by atoms with Gasteiger partial charge in [0.2, 0.25) is 0 Å². The summed E-state index contributed by atoms with van der Waals surface area (Å²) in [5.74, 6) is 1.13. The normalized spacial score (nSPS) is 17.8. The molecule has 0 amide bonds. The molecule has 4 rings (SSSR count). The molecule has 0 saturated carbocycles. The van der Waals surface area contributed by atoms with E-state index in [4.69, 9.17) is 21.1 Å². The molecule has 2 aromatic rings. The number of hydrogen-bond donors (Lipinski definition) is 0. The monoisotopic (exact) mass is 568 g/mol. The van der Waals surface area contributed by atoms with Crippen LogP contribution < -0.4 is 0 Å². The summed E-state index contributed by atoms with van der Waals surface area (Å²) in [4.78, 5) is 31.3. The van der Waals surface area contributed by atoms with Crippen molar-refractivity contribution in [3.63, 3.8) is 0 Å². The zero-order valence-electron chi connectivity index (χ0n) is 22.6. The summed E-state index contributed by atoms with van der Waals surface area (Å²) in [6.07, 6.45) is 9.62. The number of carbonyl (C=O) groups is 2. The van der Waals surface area contributed by atoms with Gasteiger partial charge in [-0.05, 0) is 122 Å². The molecule has 0 unspecified atom stereocenters. The Morgan fingerprint density at radius 1 is 0.838 bits per heavy atom. The molecule has 2 saturated heterocycles. The fourth-order valence-corrected chi connectivity index (χ4v) is 7.19. The summed E-state index contributed by atoms with van der Waals surface area (Å²) >= 11 is 9.22. The van der Waals surface area contributed by atoms with E-state index in [0.29, 0.717) is 9.90 Å². The highest BCUT2D eigenvalue weighted by Gasteiger charge is 2.19. The summed E-state index contributed by atoms with van der Waals surface area (Å²) in [5, 5.41) is 0.707. The molecular weight excluding hydrogens is 528 g/mol. The minimum atomic E-state index is -0.294. The van der Waals surface area contributed by atoms with Gasteiger partial charge in [0, 0.05) is 9.75 Å². The van der Waals surface area contributed by atoms with Gasteiger partial charge in [-0.15, -0.1) is 22.7 Å². The molecule has 2 aromatic heterocycles. The minimum Gasteiger partial charge on any atom is -0.465 e. The highest BCUT2D eigenvalue weighted by atomic mass is 35.5. The van der Waals surface area contributed by atoms with Crippen LogP contribution in [-0.4, -0.2) is 76.2 Å². The highest BCUT2D eigenvalue weighted by Crippen LogP contribution is 2.31. The minimum absolute atomic E-state index is 0.217. The fraction of sp³-hybridized carbons (Fsp3) is 0.643. The van der Waals surface area contributed by atoms with Gasteiger partial charge in [0.05, 0.1) is 19.2 Å². The zero-order valence-corrected chi connectivity index (χ0v) is 25.0. The fourth-order valence-electron chi connectivity index (χ4n) is 4.88. The van der Waals surface area contributed by atoms with Gasteiger partial charge in [-0.25, -0.2) is 9.59 Å². The van der Waals surface area contributed by atoms with E-state index < -0.39 is 0 Å². The van der Waals surface area contributed by atoms with Gasteiger partial charge in [0.1, 0.15) is 9.75 Å². The molecule has 9 heteroatoms. The van der Waals surface area contributed by atoms with E-state index in [1.54, 1.807) is 17.4 Å². The third-order valence-corrected chi connectivity index (χ3v) is 10.2. The number of aryl methyl sites for hydroxylation is 2. The van der Waals surface area contributed by atoms with Crippen LogP contribution >= 0.6 is 34.3 Å². The largest absolute Gasteiger partial charge is 0.465 e. The molecule has 2 fully saturated rings. The molecule has 0 aliphatic carbocycles. The highest BCUT2D eigenvalue weighted by molar-refractivity contribution is 7.14. The third kappa shape index (κ3) is 9.66. The van der Waals surface area contributed by atoms with Gasteiger partial charge in [-0.1, -0.05) is 11.6 Å². The lowest BCUT2D eigenvalue weighted by Crippen LogP contribution is -2.30. The predicted octanol–water partition coefficient (Wildman–Crippen LogP) is 6.27. The van der Waals surface area contributed by atoms with Crippen molar-refractivity contribution in [3.05, 3.63) is 42.7 Å².